The molecule has 1 aliphatic rings. The van der Waals surface area contributed by atoms with Crippen LogP contribution in [0.3, 0.4) is 0 Å². The molecule has 1 aromatic carbocycles. The third-order valence-corrected chi connectivity index (χ3v) is 5.92. The molecule has 7 nitrogen and oxygen atoms in total. The van der Waals surface area contributed by atoms with Gasteiger partial charge in [0.25, 0.3) is 0 Å². The van der Waals surface area contributed by atoms with E-state index in [9.17, 15) is 9.18 Å². The summed E-state index contributed by atoms with van der Waals surface area (Å²) in [6.07, 6.45) is 5.23. The first-order chi connectivity index (χ1) is 15.2. The number of carbonyl (C=O) groups excluding carboxylic acids is 1. The van der Waals surface area contributed by atoms with Crippen LogP contribution in [0.25, 0.3) is 11.0 Å². The Morgan fingerprint density at radius 3 is 2.88 bits per heavy atom. The summed E-state index contributed by atoms with van der Waals surface area (Å²) in [5.41, 5.74) is 0.874. The molecule has 2 atom stereocenters. The lowest BCUT2D eigenvalue weighted by molar-refractivity contribution is -0.124. The van der Waals surface area contributed by atoms with Crippen molar-refractivity contribution in [3.05, 3.63) is 47.6 Å². The average Bonchev–Trinajstić information content (AvgIpc) is 3.19. The minimum absolute atomic E-state index is 0.0250. The van der Waals surface area contributed by atoms with Gasteiger partial charge in [-0.3, -0.25) is 4.79 Å². The molecule has 9 heteroatoms. The normalized spacial score (nSPS) is 17.9. The lowest BCUT2D eigenvalue weighted by Gasteiger charge is -2.37. The maximum absolute atomic E-state index is 13.8. The molecule has 3 heterocycles. The topological polar surface area (TPSA) is 85.9 Å². The minimum Gasteiger partial charge on any atom is -0.373 e. The molecule has 0 unspecified atom stereocenters. The van der Waals surface area contributed by atoms with Crippen molar-refractivity contribution in [3.63, 3.8) is 0 Å². The van der Waals surface area contributed by atoms with Crippen molar-refractivity contribution < 1.29 is 9.18 Å². The Labute approximate surface area is 191 Å². The van der Waals surface area contributed by atoms with E-state index in [1.54, 1.807) is 12.4 Å². The average molecular weight is 459 g/mol. The van der Waals surface area contributed by atoms with Crippen molar-refractivity contribution in [1.82, 2.24) is 20.3 Å². The number of nitrogens with one attached hydrogen (secondary N) is 3. The number of anilines is 2. The van der Waals surface area contributed by atoms with E-state index >= 15 is 0 Å². The van der Waals surface area contributed by atoms with Gasteiger partial charge in [-0.1, -0.05) is 32.4 Å². The predicted octanol–water partition coefficient (Wildman–Crippen LogP) is 4.36. The summed E-state index contributed by atoms with van der Waals surface area (Å²) < 4.78 is 13.8. The molecule has 1 aliphatic heterocycles. The summed E-state index contributed by atoms with van der Waals surface area (Å²) in [6, 6.07) is 5.59. The lowest BCUT2D eigenvalue weighted by atomic mass is 9.85. The van der Waals surface area contributed by atoms with Crippen LogP contribution in [0.4, 0.5) is 15.9 Å². The highest BCUT2D eigenvalue weighted by Crippen LogP contribution is 2.28. The number of aromatic nitrogens is 3. The Bertz CT molecular complexity index is 1090. The van der Waals surface area contributed by atoms with E-state index in [1.807, 2.05) is 33.0 Å². The van der Waals surface area contributed by atoms with Crippen LogP contribution in [-0.2, 0) is 4.79 Å². The van der Waals surface area contributed by atoms with Crippen molar-refractivity contribution in [2.45, 2.75) is 45.7 Å². The van der Waals surface area contributed by atoms with Crippen LogP contribution in [0, 0.1) is 11.2 Å². The number of nitrogens with zero attached hydrogens (tertiary/aromatic N) is 3. The molecule has 3 N–H and O–H groups in total. The molecule has 0 spiro atoms. The first kappa shape index (κ1) is 22.3. The second kappa shape index (κ2) is 8.94. The van der Waals surface area contributed by atoms with E-state index in [0.29, 0.717) is 12.2 Å². The number of halogens is 2. The third kappa shape index (κ3) is 4.96. The zero-order chi connectivity index (χ0) is 22.9. The fourth-order valence-electron chi connectivity index (χ4n) is 4.16. The number of H-pyrrole nitrogens is 1. The first-order valence-corrected chi connectivity index (χ1v) is 11.1. The second-order valence-corrected chi connectivity index (χ2v) is 9.77. The first-order valence-electron chi connectivity index (χ1n) is 10.8. The molecule has 4 rings (SSSR count). The van der Waals surface area contributed by atoms with E-state index in [1.165, 1.54) is 12.1 Å². The monoisotopic (exact) mass is 458 g/mol. The van der Waals surface area contributed by atoms with Crippen LogP contribution in [0.1, 0.15) is 33.6 Å². The maximum Gasteiger partial charge on any atom is 0.243 e. The highest BCUT2D eigenvalue weighted by atomic mass is 35.5. The van der Waals surface area contributed by atoms with Gasteiger partial charge in [0, 0.05) is 36.0 Å². The van der Waals surface area contributed by atoms with Crippen molar-refractivity contribution in [3.8, 4) is 0 Å². The number of rotatable bonds is 5. The third-order valence-electron chi connectivity index (χ3n) is 5.70. The molecule has 3 aromatic rings. The van der Waals surface area contributed by atoms with Crippen LogP contribution >= 0.6 is 11.6 Å². The van der Waals surface area contributed by atoms with E-state index in [2.05, 4.69) is 30.5 Å². The van der Waals surface area contributed by atoms with Crippen molar-refractivity contribution in [2.24, 2.45) is 5.41 Å². The van der Waals surface area contributed by atoms with E-state index in [4.69, 9.17) is 11.6 Å². The Morgan fingerprint density at radius 1 is 1.31 bits per heavy atom. The van der Waals surface area contributed by atoms with Gasteiger partial charge in [-0.15, -0.1) is 0 Å². The Hall–Kier alpha value is -2.87. The Balaban J connectivity index is 1.48. The van der Waals surface area contributed by atoms with E-state index in [-0.39, 0.29) is 17.0 Å². The fourth-order valence-corrected chi connectivity index (χ4v) is 4.38. The Kier molecular flexibility index (Phi) is 6.24. The highest BCUT2D eigenvalue weighted by molar-refractivity contribution is 6.30. The summed E-state index contributed by atoms with van der Waals surface area (Å²) in [4.78, 5) is 27.3. The largest absolute Gasteiger partial charge is 0.373 e. The van der Waals surface area contributed by atoms with Gasteiger partial charge in [0.15, 0.2) is 0 Å². The number of piperidine rings is 1. The van der Waals surface area contributed by atoms with Crippen molar-refractivity contribution in [1.29, 1.82) is 0 Å². The van der Waals surface area contributed by atoms with E-state index < -0.39 is 17.3 Å². The van der Waals surface area contributed by atoms with Gasteiger partial charge in [0.05, 0.1) is 5.39 Å². The van der Waals surface area contributed by atoms with Gasteiger partial charge in [-0.2, -0.15) is 0 Å². The van der Waals surface area contributed by atoms with Crippen LogP contribution < -0.4 is 15.5 Å². The van der Waals surface area contributed by atoms with Crippen molar-refractivity contribution in [2.75, 3.05) is 23.3 Å². The van der Waals surface area contributed by atoms with Crippen LogP contribution in [0.5, 0.6) is 0 Å². The fraction of sp³-hybridized carbons (Fsp3) is 0.435. The Morgan fingerprint density at radius 2 is 2.12 bits per heavy atom. The molecule has 1 fully saturated rings. The number of fused-ring (bicyclic) bond motifs is 1. The highest BCUT2D eigenvalue weighted by Gasteiger charge is 2.34. The van der Waals surface area contributed by atoms with Gasteiger partial charge in [0.1, 0.15) is 29.7 Å². The van der Waals surface area contributed by atoms with Gasteiger partial charge in [0.2, 0.25) is 5.91 Å². The second-order valence-electron chi connectivity index (χ2n) is 9.33. The standard InChI is InChI=1S/C23H28ClFN6O/c1-23(2,3)19(29-17-10-14(24)9-15(25)11-17)22(32)30-16-5-4-8-31(12-16)21-18-6-7-26-20(18)27-13-28-21/h6-7,9-11,13,16,19,29H,4-5,8,12H2,1-3H3,(H,30,32)(H,26,27,28)/t16-,19+/m1/s1. The molecule has 0 radical (unpaired) electrons. The zero-order valence-electron chi connectivity index (χ0n) is 18.5. The molecular weight excluding hydrogens is 431 g/mol. The van der Waals surface area contributed by atoms with Crippen molar-refractivity contribution >= 4 is 40.0 Å². The SMILES string of the molecule is CC(C)(C)[C@@H](Nc1cc(F)cc(Cl)c1)C(=O)N[C@@H]1CCCN(c2ncnc3[nH]ccc23)C1. The predicted molar refractivity (Wildman–Crippen MR) is 126 cm³/mol. The van der Waals surface area contributed by atoms with E-state index in [0.717, 1.165) is 36.2 Å². The van der Waals surface area contributed by atoms with Gasteiger partial charge < -0.3 is 20.5 Å². The summed E-state index contributed by atoms with van der Waals surface area (Å²) in [5.74, 6) is 0.297. The summed E-state index contributed by atoms with van der Waals surface area (Å²) in [7, 11) is 0. The van der Waals surface area contributed by atoms with Gasteiger partial charge >= 0.3 is 0 Å². The smallest absolute Gasteiger partial charge is 0.243 e. The minimum atomic E-state index is -0.564. The molecule has 0 aliphatic carbocycles. The maximum atomic E-state index is 13.8. The molecule has 0 bridgehead atoms. The number of carbonyl (C=O) groups is 1. The summed E-state index contributed by atoms with van der Waals surface area (Å²) in [6.45, 7) is 7.45. The number of benzene rings is 1. The molecule has 2 aromatic heterocycles. The zero-order valence-corrected chi connectivity index (χ0v) is 19.2. The molecule has 1 amide bonds. The molecule has 170 valence electrons. The van der Waals surface area contributed by atoms with Crippen LogP contribution in [0.15, 0.2) is 36.8 Å². The number of hydrogen-bond donors (Lipinski definition) is 3. The number of hydrogen-bond acceptors (Lipinski definition) is 5. The molecule has 1 saturated heterocycles. The molecular formula is C23H28ClFN6O. The van der Waals surface area contributed by atoms with Gasteiger partial charge in [-0.05, 0) is 42.5 Å². The number of aromatic amines is 1. The molecule has 0 saturated carbocycles. The lowest BCUT2D eigenvalue weighted by Crippen LogP contribution is -2.54. The van der Waals surface area contributed by atoms with Gasteiger partial charge in [-0.25, -0.2) is 14.4 Å². The number of amides is 1. The molecule has 32 heavy (non-hydrogen) atoms. The summed E-state index contributed by atoms with van der Waals surface area (Å²) in [5, 5.41) is 7.63. The van der Waals surface area contributed by atoms with Crippen LogP contribution in [0.2, 0.25) is 5.02 Å². The quantitative estimate of drug-likeness (QED) is 0.528. The van der Waals surface area contributed by atoms with Crippen LogP contribution in [-0.4, -0.2) is 46.0 Å². The summed E-state index contributed by atoms with van der Waals surface area (Å²) >= 11 is 5.99.